The fourth-order valence-corrected chi connectivity index (χ4v) is 1.88. The minimum Gasteiger partial charge on any atom is -0.275 e. The second-order valence-electron chi connectivity index (χ2n) is 4.70. The van der Waals surface area contributed by atoms with Crippen LogP contribution in [0.15, 0.2) is 24.3 Å². The van der Waals surface area contributed by atoms with Gasteiger partial charge in [0, 0.05) is 13.5 Å². The number of hydroxylamine groups is 2. The molecule has 1 atom stereocenters. The first-order chi connectivity index (χ1) is 9.06. The summed E-state index contributed by atoms with van der Waals surface area (Å²) in [5.41, 5.74) is 2.36. The van der Waals surface area contributed by atoms with Gasteiger partial charge in [-0.2, -0.15) is 0 Å². The van der Waals surface area contributed by atoms with Crippen LogP contribution in [-0.2, 0) is 16.1 Å². The van der Waals surface area contributed by atoms with Gasteiger partial charge in [0.05, 0.1) is 7.11 Å². The van der Waals surface area contributed by atoms with Gasteiger partial charge in [0.1, 0.15) is 0 Å². The third kappa shape index (κ3) is 5.15. The quantitative estimate of drug-likeness (QED) is 0.576. The van der Waals surface area contributed by atoms with Crippen LogP contribution in [0.1, 0.15) is 17.5 Å². The maximum absolute atomic E-state index is 11.8. The summed E-state index contributed by atoms with van der Waals surface area (Å²) >= 11 is 0. The zero-order chi connectivity index (χ0) is 14.3. The van der Waals surface area contributed by atoms with E-state index in [9.17, 15) is 4.79 Å². The number of benzene rings is 1. The molecule has 1 aromatic carbocycles. The molecular weight excluding hydrogens is 239 g/mol. The Morgan fingerprint density at radius 1 is 1.47 bits per heavy atom. The Bertz CT molecular complexity index is 454. The summed E-state index contributed by atoms with van der Waals surface area (Å²) in [6, 6.07) is 8.18. The highest BCUT2D eigenvalue weighted by Gasteiger charge is 2.18. The monoisotopic (exact) mass is 258 g/mol. The summed E-state index contributed by atoms with van der Waals surface area (Å²) in [5, 5.41) is 10.1. The van der Waals surface area contributed by atoms with Crippen LogP contribution >= 0.6 is 0 Å². The highest BCUT2D eigenvalue weighted by atomic mass is 16.7. The van der Waals surface area contributed by atoms with Crippen molar-refractivity contribution in [1.82, 2.24) is 5.06 Å². The summed E-state index contributed by atoms with van der Waals surface area (Å²) in [6.07, 6.45) is 1.06. The molecule has 0 aromatic heterocycles. The zero-order valence-electron chi connectivity index (χ0n) is 11.7. The van der Waals surface area contributed by atoms with Gasteiger partial charge in [0.2, 0.25) is 5.91 Å². The lowest BCUT2D eigenvalue weighted by Gasteiger charge is -2.17. The van der Waals surface area contributed by atoms with Gasteiger partial charge in [-0.05, 0) is 30.7 Å². The molecule has 4 nitrogen and oxygen atoms in total. The first-order valence-electron chi connectivity index (χ1n) is 6.30. The number of hydrogen-bond acceptors (Lipinski definition) is 3. The molecule has 0 fully saturated rings. The predicted octanol–water partition coefficient (Wildman–Crippen LogP) is 1.65. The van der Waals surface area contributed by atoms with Crippen molar-refractivity contribution in [1.29, 1.82) is 5.26 Å². The molecular formula is C14H19BN2O2. The fourth-order valence-electron chi connectivity index (χ4n) is 1.88. The van der Waals surface area contributed by atoms with Gasteiger partial charge in [-0.1, -0.05) is 29.8 Å². The fraction of sp³-hybridized carbons (Fsp3) is 0.429. The third-order valence-corrected chi connectivity index (χ3v) is 3.11. The van der Waals surface area contributed by atoms with Crippen molar-refractivity contribution in [2.24, 2.45) is 0 Å². The average molecular weight is 258 g/mol. The van der Waals surface area contributed by atoms with Crippen LogP contribution in [0.5, 0.6) is 0 Å². The van der Waals surface area contributed by atoms with Crippen LogP contribution in [-0.4, -0.2) is 32.4 Å². The number of rotatable bonds is 6. The van der Waals surface area contributed by atoms with Gasteiger partial charge in [-0.25, -0.2) is 10.3 Å². The van der Waals surface area contributed by atoms with Crippen molar-refractivity contribution in [3.05, 3.63) is 35.4 Å². The Morgan fingerprint density at radius 2 is 2.11 bits per heavy atom. The molecule has 1 rings (SSSR count). The first-order valence-corrected chi connectivity index (χ1v) is 6.30. The summed E-state index contributed by atoms with van der Waals surface area (Å²) in [7, 11) is 3.41. The predicted molar refractivity (Wildman–Crippen MR) is 75.8 cm³/mol. The minimum atomic E-state index is -0.102. The van der Waals surface area contributed by atoms with E-state index in [1.165, 1.54) is 17.7 Å². The summed E-state index contributed by atoms with van der Waals surface area (Å²) in [4.78, 5) is 16.7. The van der Waals surface area contributed by atoms with Crippen molar-refractivity contribution in [3.63, 3.8) is 0 Å². The van der Waals surface area contributed by atoms with E-state index in [0.29, 0.717) is 13.7 Å². The van der Waals surface area contributed by atoms with Gasteiger partial charge < -0.3 is 0 Å². The molecule has 5 heteroatoms. The van der Waals surface area contributed by atoms with Crippen LogP contribution in [0.25, 0.3) is 0 Å². The van der Waals surface area contributed by atoms with Gasteiger partial charge in [0.15, 0.2) is 0 Å². The number of nitrogens with zero attached hydrogens (tertiary/aromatic N) is 2. The Kier molecular flexibility index (Phi) is 6.10. The molecule has 1 unspecified atom stereocenters. The minimum absolute atomic E-state index is 0.0257. The van der Waals surface area contributed by atoms with E-state index in [2.05, 4.69) is 5.97 Å². The number of nitriles is 1. The van der Waals surface area contributed by atoms with Crippen molar-refractivity contribution < 1.29 is 9.63 Å². The van der Waals surface area contributed by atoms with E-state index >= 15 is 0 Å². The van der Waals surface area contributed by atoms with E-state index in [-0.39, 0.29) is 11.7 Å². The van der Waals surface area contributed by atoms with E-state index in [1.54, 1.807) is 7.05 Å². The van der Waals surface area contributed by atoms with Gasteiger partial charge in [-0.15, -0.1) is 0 Å². The number of hydrogen-bond donors (Lipinski definition) is 0. The number of aryl methyl sites for hydroxylation is 1. The second-order valence-corrected chi connectivity index (χ2v) is 4.70. The Labute approximate surface area is 115 Å². The molecule has 19 heavy (non-hydrogen) atoms. The van der Waals surface area contributed by atoms with Crippen LogP contribution < -0.4 is 0 Å². The first kappa shape index (κ1) is 15.3. The number of amides is 1. The van der Waals surface area contributed by atoms with E-state index in [1.807, 2.05) is 31.2 Å². The molecule has 0 radical (unpaired) electrons. The molecule has 1 amide bonds. The molecule has 1 aromatic rings. The summed E-state index contributed by atoms with van der Waals surface area (Å²) < 4.78 is 0. The maximum atomic E-state index is 11.8. The molecule has 0 saturated carbocycles. The molecule has 0 aliphatic rings. The lowest BCUT2D eigenvalue weighted by atomic mass is 9.62. The van der Waals surface area contributed by atoms with Crippen molar-refractivity contribution >= 4 is 13.2 Å². The Morgan fingerprint density at radius 3 is 2.63 bits per heavy atom. The molecule has 0 N–H and O–H groups in total. The summed E-state index contributed by atoms with van der Waals surface area (Å²) in [6.45, 7) is 2.04. The third-order valence-electron chi connectivity index (χ3n) is 3.11. The normalized spacial score (nSPS) is 11.5. The van der Waals surface area contributed by atoms with Crippen molar-refractivity contribution in [2.75, 3.05) is 14.2 Å². The molecule has 0 heterocycles. The number of carbonyl (C=O) groups excluding carboxylic acids is 1. The van der Waals surface area contributed by atoms with Crippen molar-refractivity contribution in [2.45, 2.75) is 25.6 Å². The van der Waals surface area contributed by atoms with Crippen LogP contribution in [0.4, 0.5) is 0 Å². The van der Waals surface area contributed by atoms with Gasteiger partial charge >= 0.3 is 0 Å². The van der Waals surface area contributed by atoms with E-state index < -0.39 is 0 Å². The molecule has 100 valence electrons. The largest absolute Gasteiger partial charge is 0.275 e. The molecule has 0 saturated heterocycles. The highest BCUT2D eigenvalue weighted by Crippen LogP contribution is 2.18. The lowest BCUT2D eigenvalue weighted by Crippen LogP contribution is -2.27. The average Bonchev–Trinajstić information content (AvgIpc) is 2.40. The molecule has 0 aliphatic carbocycles. The standard InChI is InChI=1S/C14H19BN2O2/c1-11-4-6-12(7-5-11)8-13(15-10-16)9-14(18)17(2)19-3/h4-7,13,15H,8-9H2,1-3H3. The molecule has 0 spiro atoms. The number of carbonyl (C=O) groups is 1. The Hall–Kier alpha value is -1.80. The maximum Gasteiger partial charge on any atom is 0.254 e. The van der Waals surface area contributed by atoms with Crippen LogP contribution in [0.2, 0.25) is 5.82 Å². The second kappa shape index (κ2) is 7.60. The van der Waals surface area contributed by atoms with Gasteiger partial charge in [0.25, 0.3) is 7.28 Å². The van der Waals surface area contributed by atoms with Crippen LogP contribution in [0, 0.1) is 18.2 Å². The smallest absolute Gasteiger partial charge is 0.254 e. The highest BCUT2D eigenvalue weighted by molar-refractivity contribution is 6.47. The molecule has 0 bridgehead atoms. The van der Waals surface area contributed by atoms with Crippen molar-refractivity contribution in [3.8, 4) is 5.97 Å². The van der Waals surface area contributed by atoms with E-state index in [0.717, 1.165) is 12.0 Å². The lowest BCUT2D eigenvalue weighted by molar-refractivity contribution is -0.168. The van der Waals surface area contributed by atoms with Crippen LogP contribution in [0.3, 0.4) is 0 Å². The topological polar surface area (TPSA) is 53.3 Å². The Balaban J connectivity index is 2.65. The summed E-state index contributed by atoms with van der Waals surface area (Å²) in [5.74, 6) is 2.07. The van der Waals surface area contributed by atoms with Gasteiger partial charge in [-0.3, -0.25) is 9.63 Å². The molecule has 0 aliphatic heterocycles. The zero-order valence-corrected chi connectivity index (χ0v) is 11.7. The SMILES string of the molecule is CON(C)C(=O)CC(BC#N)Cc1ccc(C)cc1. The van der Waals surface area contributed by atoms with E-state index in [4.69, 9.17) is 10.1 Å².